The summed E-state index contributed by atoms with van der Waals surface area (Å²) in [5.41, 5.74) is 5.98. The molecule has 0 saturated heterocycles. The highest BCUT2D eigenvalue weighted by atomic mass is 35.5. The zero-order valence-corrected chi connectivity index (χ0v) is 18.2. The average Bonchev–Trinajstić information content (AvgIpc) is 3.44. The van der Waals surface area contributed by atoms with E-state index in [9.17, 15) is 4.79 Å². The number of hydrazone groups is 1. The molecule has 1 amide bonds. The number of nitrogens with zero attached hydrogens (tertiary/aromatic N) is 5. The lowest BCUT2D eigenvalue weighted by Crippen LogP contribution is -2.17. The molecule has 0 aliphatic carbocycles. The molecule has 10 heteroatoms. The molecule has 0 fully saturated rings. The number of nitrogens with one attached hydrogen (secondary N) is 1. The van der Waals surface area contributed by atoms with Crippen molar-refractivity contribution in [2.75, 3.05) is 0 Å². The smallest absolute Gasteiger partial charge is 0.307 e. The van der Waals surface area contributed by atoms with Gasteiger partial charge in [0, 0.05) is 5.56 Å². The summed E-state index contributed by atoms with van der Waals surface area (Å²) in [6, 6.07) is 13.0. The molecule has 0 unspecified atom stereocenters. The summed E-state index contributed by atoms with van der Waals surface area (Å²) in [6.07, 6.45) is 3.07. The predicted octanol–water partition coefficient (Wildman–Crippen LogP) is 4.40. The second-order valence-electron chi connectivity index (χ2n) is 6.75. The minimum Gasteiger partial charge on any atom is -0.454 e. The maximum Gasteiger partial charge on any atom is 0.307 e. The first-order valence-corrected chi connectivity index (χ1v) is 10.1. The number of hydrogen-bond donors (Lipinski definition) is 1. The van der Waals surface area contributed by atoms with Gasteiger partial charge in [0.1, 0.15) is 10.9 Å². The summed E-state index contributed by atoms with van der Waals surface area (Å²) in [7, 11) is 0. The van der Waals surface area contributed by atoms with Gasteiger partial charge in [0.05, 0.1) is 36.2 Å². The Morgan fingerprint density at radius 2 is 1.97 bits per heavy atom. The summed E-state index contributed by atoms with van der Waals surface area (Å²) in [6.45, 7) is 4.14. The van der Waals surface area contributed by atoms with Gasteiger partial charge >= 0.3 is 5.91 Å². The summed E-state index contributed by atoms with van der Waals surface area (Å²) in [5, 5.41) is 9.13. The molecular weight excluding hydrogens is 439 g/mol. The van der Waals surface area contributed by atoms with Crippen LogP contribution in [0.4, 0.5) is 0 Å². The molecule has 4 aromatic rings. The number of halogens is 2. The third-order valence-corrected chi connectivity index (χ3v) is 5.42. The fraction of sp³-hybridized carbons (Fsp3) is 0.143. The Labute approximate surface area is 188 Å². The fourth-order valence-electron chi connectivity index (χ4n) is 3.08. The van der Waals surface area contributed by atoms with Crippen molar-refractivity contribution in [3.63, 3.8) is 0 Å². The van der Waals surface area contributed by atoms with Crippen LogP contribution in [0.2, 0.25) is 10.3 Å². The van der Waals surface area contributed by atoms with Crippen molar-refractivity contribution >= 4 is 35.3 Å². The van der Waals surface area contributed by atoms with E-state index >= 15 is 0 Å². The summed E-state index contributed by atoms with van der Waals surface area (Å²) < 4.78 is 9.02. The SMILES string of the molecule is Cc1nn(-c2ccccc2)c(C)c1/C=N/NC(=O)c1ccc(Cn2cnc(Cl)c2Cl)o1. The van der Waals surface area contributed by atoms with Crippen molar-refractivity contribution in [3.8, 4) is 5.69 Å². The van der Waals surface area contributed by atoms with Gasteiger partial charge in [-0.3, -0.25) is 4.79 Å². The van der Waals surface area contributed by atoms with Crippen LogP contribution in [0.3, 0.4) is 0 Å². The van der Waals surface area contributed by atoms with Crippen LogP contribution >= 0.6 is 23.2 Å². The second-order valence-corrected chi connectivity index (χ2v) is 7.47. The zero-order chi connectivity index (χ0) is 22.0. The molecule has 0 aliphatic heterocycles. The number of benzene rings is 1. The fourth-order valence-corrected chi connectivity index (χ4v) is 3.38. The van der Waals surface area contributed by atoms with E-state index in [0.717, 1.165) is 22.6 Å². The van der Waals surface area contributed by atoms with Crippen LogP contribution in [0, 0.1) is 13.8 Å². The molecule has 0 aliphatic rings. The number of para-hydroxylation sites is 1. The van der Waals surface area contributed by atoms with E-state index in [0.29, 0.717) is 17.5 Å². The largest absolute Gasteiger partial charge is 0.454 e. The molecule has 1 N–H and O–H groups in total. The first kappa shape index (κ1) is 20.9. The third-order valence-electron chi connectivity index (χ3n) is 4.65. The van der Waals surface area contributed by atoms with Crippen molar-refractivity contribution in [2.45, 2.75) is 20.4 Å². The van der Waals surface area contributed by atoms with Crippen molar-refractivity contribution < 1.29 is 9.21 Å². The third kappa shape index (κ3) is 4.40. The average molecular weight is 457 g/mol. The van der Waals surface area contributed by atoms with Gasteiger partial charge in [0.15, 0.2) is 10.9 Å². The quantitative estimate of drug-likeness (QED) is 0.343. The van der Waals surface area contributed by atoms with Crippen molar-refractivity contribution in [1.82, 2.24) is 24.8 Å². The van der Waals surface area contributed by atoms with Crippen molar-refractivity contribution in [2.24, 2.45) is 5.10 Å². The van der Waals surface area contributed by atoms with Gasteiger partial charge < -0.3 is 8.98 Å². The Kier molecular flexibility index (Phi) is 5.92. The molecule has 0 atom stereocenters. The Hall–Kier alpha value is -3.36. The van der Waals surface area contributed by atoms with E-state index in [2.05, 4.69) is 20.6 Å². The van der Waals surface area contributed by atoms with E-state index in [1.807, 2.05) is 48.9 Å². The minimum atomic E-state index is -0.469. The van der Waals surface area contributed by atoms with Crippen LogP contribution in [0.25, 0.3) is 5.69 Å². The van der Waals surface area contributed by atoms with Crippen LogP contribution in [-0.4, -0.2) is 31.5 Å². The number of aryl methyl sites for hydroxylation is 1. The molecule has 3 heterocycles. The monoisotopic (exact) mass is 456 g/mol. The predicted molar refractivity (Wildman–Crippen MR) is 118 cm³/mol. The first-order chi connectivity index (χ1) is 14.9. The number of aromatic nitrogens is 4. The number of carbonyl (C=O) groups excluding carboxylic acids is 1. The number of amides is 1. The molecule has 0 radical (unpaired) electrons. The molecular formula is C21H18Cl2N6O2. The Bertz CT molecular complexity index is 1260. The van der Waals surface area contributed by atoms with Gasteiger partial charge in [-0.15, -0.1) is 0 Å². The lowest BCUT2D eigenvalue weighted by molar-refractivity contribution is 0.0925. The van der Waals surface area contributed by atoms with E-state index in [1.165, 1.54) is 6.33 Å². The highest BCUT2D eigenvalue weighted by Crippen LogP contribution is 2.21. The van der Waals surface area contributed by atoms with Crippen molar-refractivity contribution in [3.05, 3.63) is 87.6 Å². The van der Waals surface area contributed by atoms with Gasteiger partial charge in [-0.25, -0.2) is 15.1 Å². The zero-order valence-electron chi connectivity index (χ0n) is 16.7. The molecule has 0 saturated carbocycles. The van der Waals surface area contributed by atoms with E-state index in [4.69, 9.17) is 27.6 Å². The highest BCUT2D eigenvalue weighted by Gasteiger charge is 2.14. The number of carbonyl (C=O) groups is 1. The molecule has 31 heavy (non-hydrogen) atoms. The molecule has 8 nitrogen and oxygen atoms in total. The lowest BCUT2D eigenvalue weighted by atomic mass is 10.2. The van der Waals surface area contributed by atoms with Crippen LogP contribution in [-0.2, 0) is 6.54 Å². The normalized spacial score (nSPS) is 11.4. The van der Waals surface area contributed by atoms with Gasteiger partial charge in [0.2, 0.25) is 0 Å². The van der Waals surface area contributed by atoms with E-state index < -0.39 is 5.91 Å². The molecule has 0 bridgehead atoms. The van der Waals surface area contributed by atoms with Gasteiger partial charge in [-0.05, 0) is 38.1 Å². The standard InChI is InChI=1S/C21H18Cl2N6O2/c1-13-17(14(2)29(27-13)15-6-4-3-5-7-15)10-25-26-21(30)18-9-8-16(31-18)11-28-12-24-19(22)20(28)23/h3-10,12H,11H2,1-2H3,(H,26,30)/b25-10+. The van der Waals surface area contributed by atoms with Gasteiger partial charge in [-0.2, -0.15) is 10.2 Å². The van der Waals surface area contributed by atoms with Crippen molar-refractivity contribution in [1.29, 1.82) is 0 Å². The summed E-state index contributed by atoms with van der Waals surface area (Å²) in [5.74, 6) is 0.187. The summed E-state index contributed by atoms with van der Waals surface area (Å²) in [4.78, 5) is 16.3. The molecule has 3 aromatic heterocycles. The van der Waals surface area contributed by atoms with Crippen LogP contribution < -0.4 is 5.43 Å². The number of hydrogen-bond acceptors (Lipinski definition) is 5. The summed E-state index contributed by atoms with van der Waals surface area (Å²) >= 11 is 11.9. The van der Waals surface area contributed by atoms with Crippen LogP contribution in [0.15, 0.2) is 58.3 Å². The highest BCUT2D eigenvalue weighted by molar-refractivity contribution is 6.40. The molecule has 1 aromatic carbocycles. The topological polar surface area (TPSA) is 90.2 Å². The Balaban J connectivity index is 1.43. The first-order valence-electron chi connectivity index (χ1n) is 9.34. The second kappa shape index (κ2) is 8.79. The molecule has 158 valence electrons. The molecule has 4 rings (SSSR count). The molecule has 0 spiro atoms. The Morgan fingerprint density at radius 3 is 2.68 bits per heavy atom. The number of rotatable bonds is 6. The number of furan rings is 1. The maximum atomic E-state index is 12.4. The number of imidazole rings is 1. The van der Waals surface area contributed by atoms with Crippen LogP contribution in [0.1, 0.15) is 33.3 Å². The Morgan fingerprint density at radius 1 is 1.19 bits per heavy atom. The minimum absolute atomic E-state index is 0.128. The van der Waals surface area contributed by atoms with E-state index in [-0.39, 0.29) is 10.9 Å². The van der Waals surface area contributed by atoms with Gasteiger partial charge in [0.25, 0.3) is 0 Å². The lowest BCUT2D eigenvalue weighted by Gasteiger charge is -2.03. The van der Waals surface area contributed by atoms with Gasteiger partial charge in [-0.1, -0.05) is 41.4 Å². The van der Waals surface area contributed by atoms with Crippen LogP contribution in [0.5, 0.6) is 0 Å². The maximum absolute atomic E-state index is 12.4. The van der Waals surface area contributed by atoms with E-state index in [1.54, 1.807) is 22.9 Å².